The molecule has 2 heterocycles. The minimum atomic E-state index is -4.51. The second kappa shape index (κ2) is 7.71. The summed E-state index contributed by atoms with van der Waals surface area (Å²) in [6, 6.07) is 15.2. The first-order valence-corrected chi connectivity index (χ1v) is 9.22. The average Bonchev–Trinajstić information content (AvgIpc) is 3.15. The molecule has 0 unspecified atom stereocenters. The van der Waals surface area contributed by atoms with Crippen LogP contribution in [0.2, 0.25) is 0 Å². The number of H-pyrrole nitrogens is 1. The van der Waals surface area contributed by atoms with Crippen LogP contribution in [-0.2, 0) is 6.18 Å². The summed E-state index contributed by atoms with van der Waals surface area (Å²) < 4.78 is 44.3. The van der Waals surface area contributed by atoms with E-state index in [9.17, 15) is 13.2 Å². The molecule has 1 N–H and O–H groups in total. The van der Waals surface area contributed by atoms with Crippen LogP contribution < -0.4 is 9.64 Å². The number of anilines is 1. The van der Waals surface area contributed by atoms with E-state index >= 15 is 0 Å². The molecule has 0 aliphatic carbocycles. The highest BCUT2D eigenvalue weighted by atomic mass is 19.4. The number of aromatic amines is 1. The molecule has 3 aromatic rings. The SMILES string of the molecule is FC(F)(F)c1nc2c(OCCN3CCN(c4ccccc4)CC3)cccc2[nH]1. The van der Waals surface area contributed by atoms with Crippen LogP contribution in [0.4, 0.5) is 18.9 Å². The molecule has 1 aromatic heterocycles. The highest BCUT2D eigenvalue weighted by molar-refractivity contribution is 5.81. The number of nitrogens with zero attached hydrogens (tertiary/aromatic N) is 3. The fourth-order valence-corrected chi connectivity index (χ4v) is 3.41. The van der Waals surface area contributed by atoms with Crippen molar-refractivity contribution >= 4 is 16.7 Å². The number of nitrogens with one attached hydrogen (secondary N) is 1. The van der Waals surface area contributed by atoms with E-state index in [1.165, 1.54) is 5.69 Å². The third kappa shape index (κ3) is 4.06. The number of halogens is 3. The molecule has 5 nitrogen and oxygen atoms in total. The number of imidazole rings is 1. The van der Waals surface area contributed by atoms with Gasteiger partial charge in [-0.05, 0) is 24.3 Å². The number of hydrogen-bond donors (Lipinski definition) is 1. The van der Waals surface area contributed by atoms with Gasteiger partial charge in [0.2, 0.25) is 5.82 Å². The molecule has 0 radical (unpaired) electrons. The van der Waals surface area contributed by atoms with Gasteiger partial charge in [0.15, 0.2) is 0 Å². The van der Waals surface area contributed by atoms with Crippen LogP contribution in [0.25, 0.3) is 11.0 Å². The monoisotopic (exact) mass is 390 g/mol. The summed E-state index contributed by atoms with van der Waals surface area (Å²) in [6.45, 7) is 4.84. The van der Waals surface area contributed by atoms with Gasteiger partial charge in [-0.3, -0.25) is 4.90 Å². The number of fused-ring (bicyclic) bond motifs is 1. The quantitative estimate of drug-likeness (QED) is 0.720. The molecule has 8 heteroatoms. The Hall–Kier alpha value is -2.74. The van der Waals surface area contributed by atoms with E-state index in [1.807, 2.05) is 18.2 Å². The van der Waals surface area contributed by atoms with E-state index < -0.39 is 12.0 Å². The molecule has 1 saturated heterocycles. The van der Waals surface area contributed by atoms with Crippen LogP contribution >= 0.6 is 0 Å². The first kappa shape index (κ1) is 18.6. The fraction of sp³-hybridized carbons (Fsp3) is 0.350. The topological polar surface area (TPSA) is 44.4 Å². The normalized spacial score (nSPS) is 15.9. The van der Waals surface area contributed by atoms with Gasteiger partial charge in [-0.1, -0.05) is 24.3 Å². The molecule has 0 bridgehead atoms. The number of benzene rings is 2. The average molecular weight is 390 g/mol. The van der Waals surface area contributed by atoms with Crippen LogP contribution in [0.15, 0.2) is 48.5 Å². The lowest BCUT2D eigenvalue weighted by atomic mass is 10.2. The number of aromatic nitrogens is 2. The molecule has 0 saturated carbocycles. The molecule has 1 aliphatic heterocycles. The Morgan fingerprint density at radius 3 is 2.43 bits per heavy atom. The van der Waals surface area contributed by atoms with E-state index in [0.717, 1.165) is 32.7 Å². The zero-order valence-electron chi connectivity index (χ0n) is 15.2. The minimum absolute atomic E-state index is 0.212. The number of para-hydroxylation sites is 2. The molecular weight excluding hydrogens is 369 g/mol. The lowest BCUT2D eigenvalue weighted by molar-refractivity contribution is -0.144. The van der Waals surface area contributed by atoms with Gasteiger partial charge in [0.05, 0.1) is 5.52 Å². The van der Waals surface area contributed by atoms with Gasteiger partial charge >= 0.3 is 6.18 Å². The second-order valence-electron chi connectivity index (χ2n) is 6.75. The third-order valence-electron chi connectivity index (χ3n) is 4.90. The van der Waals surface area contributed by atoms with Crippen molar-refractivity contribution in [2.75, 3.05) is 44.2 Å². The van der Waals surface area contributed by atoms with Crippen LogP contribution in [0.5, 0.6) is 5.75 Å². The van der Waals surface area contributed by atoms with Gasteiger partial charge < -0.3 is 14.6 Å². The van der Waals surface area contributed by atoms with Gasteiger partial charge in [-0.25, -0.2) is 4.98 Å². The number of ether oxygens (including phenoxy) is 1. The minimum Gasteiger partial charge on any atom is -0.490 e. The highest BCUT2D eigenvalue weighted by Gasteiger charge is 2.35. The predicted molar refractivity (Wildman–Crippen MR) is 102 cm³/mol. The summed E-state index contributed by atoms with van der Waals surface area (Å²) in [6.07, 6.45) is -4.51. The summed E-state index contributed by atoms with van der Waals surface area (Å²) in [5.74, 6) is -0.636. The maximum absolute atomic E-state index is 12.9. The number of hydrogen-bond acceptors (Lipinski definition) is 4. The number of rotatable bonds is 5. The molecule has 1 aliphatic rings. The molecule has 148 valence electrons. The van der Waals surface area contributed by atoms with Gasteiger partial charge in [0.25, 0.3) is 0 Å². The van der Waals surface area contributed by atoms with E-state index in [0.29, 0.717) is 17.9 Å². The Morgan fingerprint density at radius 1 is 0.964 bits per heavy atom. The molecule has 0 spiro atoms. The smallest absolute Gasteiger partial charge is 0.449 e. The molecule has 0 amide bonds. The summed E-state index contributed by atoms with van der Waals surface area (Å²) >= 11 is 0. The molecule has 2 aromatic carbocycles. The number of piperazine rings is 1. The van der Waals surface area contributed by atoms with Gasteiger partial charge in [-0.15, -0.1) is 0 Å². The zero-order chi connectivity index (χ0) is 19.6. The lowest BCUT2D eigenvalue weighted by Crippen LogP contribution is -2.47. The van der Waals surface area contributed by atoms with Crippen LogP contribution in [0.1, 0.15) is 5.82 Å². The predicted octanol–water partition coefficient (Wildman–Crippen LogP) is 3.78. The van der Waals surface area contributed by atoms with Gasteiger partial charge in [-0.2, -0.15) is 13.2 Å². The summed E-state index contributed by atoms with van der Waals surface area (Å²) in [7, 11) is 0. The second-order valence-corrected chi connectivity index (χ2v) is 6.75. The first-order valence-electron chi connectivity index (χ1n) is 9.22. The van der Waals surface area contributed by atoms with Crippen LogP contribution in [0.3, 0.4) is 0 Å². The molecule has 4 rings (SSSR count). The molecule has 1 fully saturated rings. The Kier molecular flexibility index (Phi) is 5.13. The summed E-state index contributed by atoms with van der Waals surface area (Å²) in [5, 5.41) is 0. The van der Waals surface area contributed by atoms with Crippen molar-refractivity contribution in [3.63, 3.8) is 0 Å². The molecular formula is C20H21F3N4O. The Bertz CT molecular complexity index is 918. The zero-order valence-corrected chi connectivity index (χ0v) is 15.2. The largest absolute Gasteiger partial charge is 0.490 e. The van der Waals surface area contributed by atoms with Crippen LogP contribution in [0, 0.1) is 0 Å². The maximum atomic E-state index is 12.9. The summed E-state index contributed by atoms with van der Waals surface area (Å²) in [5.41, 5.74) is 1.76. The van der Waals surface area contributed by atoms with Gasteiger partial charge in [0, 0.05) is 38.4 Å². The van der Waals surface area contributed by atoms with Crippen molar-refractivity contribution in [1.82, 2.24) is 14.9 Å². The van der Waals surface area contributed by atoms with Crippen molar-refractivity contribution in [3.05, 3.63) is 54.4 Å². The van der Waals surface area contributed by atoms with E-state index in [1.54, 1.807) is 18.2 Å². The Labute approximate surface area is 160 Å². The lowest BCUT2D eigenvalue weighted by Gasteiger charge is -2.36. The van der Waals surface area contributed by atoms with Crippen molar-refractivity contribution in [2.45, 2.75) is 6.18 Å². The van der Waals surface area contributed by atoms with Gasteiger partial charge in [0.1, 0.15) is 17.9 Å². The fourth-order valence-electron chi connectivity index (χ4n) is 3.41. The van der Waals surface area contributed by atoms with E-state index in [2.05, 4.69) is 31.9 Å². The Balaban J connectivity index is 1.32. The van der Waals surface area contributed by atoms with Crippen molar-refractivity contribution in [1.29, 1.82) is 0 Å². The number of alkyl halides is 3. The third-order valence-corrected chi connectivity index (χ3v) is 4.90. The molecule has 28 heavy (non-hydrogen) atoms. The van der Waals surface area contributed by atoms with Crippen molar-refractivity contribution in [3.8, 4) is 5.75 Å². The van der Waals surface area contributed by atoms with Crippen molar-refractivity contribution in [2.24, 2.45) is 0 Å². The van der Waals surface area contributed by atoms with E-state index in [4.69, 9.17) is 4.74 Å². The molecule has 0 atom stereocenters. The Morgan fingerprint density at radius 2 is 1.71 bits per heavy atom. The summed E-state index contributed by atoms with van der Waals surface area (Å²) in [4.78, 5) is 10.6. The highest BCUT2D eigenvalue weighted by Crippen LogP contribution is 2.31. The van der Waals surface area contributed by atoms with Crippen LogP contribution in [-0.4, -0.2) is 54.2 Å². The maximum Gasteiger partial charge on any atom is 0.449 e. The standard InChI is InChI=1S/C20H21F3N4O/c21-20(22,23)19-24-16-7-4-8-17(18(16)25-19)28-14-13-26-9-11-27(12-10-26)15-5-2-1-3-6-15/h1-8H,9-14H2,(H,24,25). The van der Waals surface area contributed by atoms with Crippen molar-refractivity contribution < 1.29 is 17.9 Å². The van der Waals surface area contributed by atoms with E-state index in [-0.39, 0.29) is 5.52 Å². The first-order chi connectivity index (χ1) is 13.5.